The van der Waals surface area contributed by atoms with Gasteiger partial charge in [0.2, 0.25) is 0 Å². The van der Waals surface area contributed by atoms with Crippen LogP contribution in [0, 0.1) is 11.8 Å². The fourth-order valence-electron chi connectivity index (χ4n) is 2.84. The zero-order valence-corrected chi connectivity index (χ0v) is 10.5. The number of carbonyl (C=O) groups is 1. The highest BCUT2D eigenvalue weighted by Crippen LogP contribution is 2.32. The third-order valence-corrected chi connectivity index (χ3v) is 3.90. The molecule has 0 saturated heterocycles. The number of nitrogen functional groups attached to an aromatic ring is 1. The molecule has 0 radical (unpaired) electrons. The Kier molecular flexibility index (Phi) is 4.18. The van der Waals surface area contributed by atoms with Crippen LogP contribution in [0.15, 0.2) is 18.5 Å². The zero-order valence-electron chi connectivity index (χ0n) is 10.5. The highest BCUT2D eigenvalue weighted by atomic mass is 16.4. The summed E-state index contributed by atoms with van der Waals surface area (Å²) in [4.78, 5) is 15.4. The molecule has 1 heterocycles. The van der Waals surface area contributed by atoms with E-state index in [1.54, 1.807) is 18.5 Å². The van der Waals surface area contributed by atoms with Crippen molar-refractivity contribution < 1.29 is 9.90 Å². The summed E-state index contributed by atoms with van der Waals surface area (Å²) in [6.45, 7) is 0. The van der Waals surface area contributed by atoms with E-state index in [2.05, 4.69) is 4.98 Å². The van der Waals surface area contributed by atoms with Crippen LogP contribution < -0.4 is 5.73 Å². The first kappa shape index (κ1) is 12.9. The first-order valence-corrected chi connectivity index (χ1v) is 6.59. The maximum absolute atomic E-state index is 11.3. The van der Waals surface area contributed by atoms with Crippen molar-refractivity contribution in [1.82, 2.24) is 4.98 Å². The maximum atomic E-state index is 11.3. The lowest BCUT2D eigenvalue weighted by molar-refractivity contribution is -0.143. The molecule has 98 valence electrons. The van der Waals surface area contributed by atoms with Crippen molar-refractivity contribution >= 4 is 11.7 Å². The van der Waals surface area contributed by atoms with E-state index in [9.17, 15) is 9.90 Å². The van der Waals surface area contributed by atoms with Crippen molar-refractivity contribution in [2.45, 2.75) is 38.5 Å². The van der Waals surface area contributed by atoms with Crippen molar-refractivity contribution in [3.63, 3.8) is 0 Å². The quantitative estimate of drug-likeness (QED) is 0.806. The Labute approximate surface area is 107 Å². The van der Waals surface area contributed by atoms with E-state index in [0.29, 0.717) is 0 Å². The molecule has 1 aromatic heterocycles. The van der Waals surface area contributed by atoms with E-state index in [-0.39, 0.29) is 11.8 Å². The number of hydrogen-bond acceptors (Lipinski definition) is 3. The van der Waals surface area contributed by atoms with E-state index in [1.807, 2.05) is 0 Å². The molecule has 2 atom stereocenters. The first-order chi connectivity index (χ1) is 8.68. The molecule has 2 unspecified atom stereocenters. The Morgan fingerprint density at radius 2 is 2.17 bits per heavy atom. The monoisotopic (exact) mass is 248 g/mol. The fraction of sp³-hybridized carbons (Fsp3) is 0.571. The lowest BCUT2D eigenvalue weighted by Gasteiger charge is -2.21. The van der Waals surface area contributed by atoms with Gasteiger partial charge in [-0.1, -0.05) is 19.3 Å². The summed E-state index contributed by atoms with van der Waals surface area (Å²) < 4.78 is 0. The minimum Gasteiger partial charge on any atom is -0.481 e. The summed E-state index contributed by atoms with van der Waals surface area (Å²) in [7, 11) is 0. The number of carboxylic acid groups (broad SMARTS) is 1. The predicted molar refractivity (Wildman–Crippen MR) is 70.1 cm³/mol. The summed E-state index contributed by atoms with van der Waals surface area (Å²) >= 11 is 0. The van der Waals surface area contributed by atoms with E-state index in [0.717, 1.165) is 49.8 Å². The second-order valence-corrected chi connectivity index (χ2v) is 5.12. The van der Waals surface area contributed by atoms with Gasteiger partial charge >= 0.3 is 5.97 Å². The molecule has 0 aromatic carbocycles. The summed E-state index contributed by atoms with van der Waals surface area (Å²) in [6, 6.07) is 1.78. The smallest absolute Gasteiger partial charge is 0.306 e. The van der Waals surface area contributed by atoms with Gasteiger partial charge in [0.15, 0.2) is 0 Å². The summed E-state index contributed by atoms with van der Waals surface area (Å²) in [5.74, 6) is -0.701. The Balaban J connectivity index is 2.14. The number of rotatable bonds is 3. The van der Waals surface area contributed by atoms with Crippen LogP contribution in [0.3, 0.4) is 0 Å². The van der Waals surface area contributed by atoms with Gasteiger partial charge in [-0.25, -0.2) is 0 Å². The molecule has 1 fully saturated rings. The minimum atomic E-state index is -0.663. The summed E-state index contributed by atoms with van der Waals surface area (Å²) in [5.41, 5.74) is 7.61. The molecule has 4 nitrogen and oxygen atoms in total. The minimum absolute atomic E-state index is 0.191. The average molecular weight is 248 g/mol. The van der Waals surface area contributed by atoms with Gasteiger partial charge in [-0.15, -0.1) is 0 Å². The second kappa shape index (κ2) is 5.85. The van der Waals surface area contributed by atoms with Crippen LogP contribution in [0.25, 0.3) is 0 Å². The number of aliphatic carboxylic acids is 1. The van der Waals surface area contributed by atoms with E-state index in [4.69, 9.17) is 5.73 Å². The normalized spacial score (nSPS) is 24.4. The molecular formula is C14H20N2O2. The molecule has 1 aromatic rings. The van der Waals surface area contributed by atoms with Crippen molar-refractivity contribution in [2.24, 2.45) is 11.8 Å². The molecule has 0 spiro atoms. The third kappa shape index (κ3) is 3.00. The number of carboxylic acids is 1. The van der Waals surface area contributed by atoms with Crippen LogP contribution in [0.2, 0.25) is 0 Å². The van der Waals surface area contributed by atoms with Gasteiger partial charge in [-0.3, -0.25) is 9.78 Å². The molecule has 1 aliphatic carbocycles. The molecule has 18 heavy (non-hydrogen) atoms. The molecule has 0 amide bonds. The van der Waals surface area contributed by atoms with Crippen LogP contribution >= 0.6 is 0 Å². The van der Waals surface area contributed by atoms with Crippen LogP contribution in [-0.4, -0.2) is 16.1 Å². The van der Waals surface area contributed by atoms with E-state index >= 15 is 0 Å². The second-order valence-electron chi connectivity index (χ2n) is 5.12. The van der Waals surface area contributed by atoms with Gasteiger partial charge in [-0.05, 0) is 36.8 Å². The molecule has 1 saturated carbocycles. The van der Waals surface area contributed by atoms with Crippen molar-refractivity contribution in [2.75, 3.05) is 5.73 Å². The lowest BCUT2D eigenvalue weighted by atomic mass is 9.83. The van der Waals surface area contributed by atoms with E-state index in [1.165, 1.54) is 0 Å². The van der Waals surface area contributed by atoms with Gasteiger partial charge < -0.3 is 10.8 Å². The number of aromatic nitrogens is 1. The van der Waals surface area contributed by atoms with Crippen LogP contribution in [0.1, 0.15) is 37.7 Å². The predicted octanol–water partition coefficient (Wildman–Crippen LogP) is 2.49. The standard InChI is InChI=1S/C14H20N2O2/c15-13-6-7-16-9-11(13)8-10-4-2-1-3-5-12(10)14(17)18/h6-7,9-10,12H,1-5,8H2,(H2,15,16)(H,17,18). The molecule has 4 heteroatoms. The number of anilines is 1. The number of hydrogen-bond donors (Lipinski definition) is 2. The Morgan fingerprint density at radius 3 is 2.89 bits per heavy atom. The highest BCUT2D eigenvalue weighted by molar-refractivity contribution is 5.70. The van der Waals surface area contributed by atoms with Crippen LogP contribution in [0.5, 0.6) is 0 Å². The SMILES string of the molecule is Nc1ccncc1CC1CCCCCC1C(=O)O. The van der Waals surface area contributed by atoms with Crippen molar-refractivity contribution in [1.29, 1.82) is 0 Å². The molecule has 0 bridgehead atoms. The first-order valence-electron chi connectivity index (χ1n) is 6.59. The van der Waals surface area contributed by atoms with Gasteiger partial charge in [0, 0.05) is 18.1 Å². The van der Waals surface area contributed by atoms with Crippen LogP contribution in [0.4, 0.5) is 5.69 Å². The molecule has 0 aliphatic heterocycles. The number of nitrogens with zero attached hydrogens (tertiary/aromatic N) is 1. The van der Waals surface area contributed by atoms with Gasteiger partial charge in [0.05, 0.1) is 5.92 Å². The lowest BCUT2D eigenvalue weighted by Crippen LogP contribution is -2.24. The van der Waals surface area contributed by atoms with Crippen molar-refractivity contribution in [3.05, 3.63) is 24.0 Å². The number of pyridine rings is 1. The van der Waals surface area contributed by atoms with Gasteiger partial charge in [-0.2, -0.15) is 0 Å². The Morgan fingerprint density at radius 1 is 1.39 bits per heavy atom. The topological polar surface area (TPSA) is 76.2 Å². The van der Waals surface area contributed by atoms with Gasteiger partial charge in [0.25, 0.3) is 0 Å². The largest absolute Gasteiger partial charge is 0.481 e. The maximum Gasteiger partial charge on any atom is 0.306 e. The Bertz CT molecular complexity index is 420. The number of nitrogens with two attached hydrogens (primary N) is 1. The average Bonchev–Trinajstić information content (AvgIpc) is 2.57. The highest BCUT2D eigenvalue weighted by Gasteiger charge is 2.29. The molecule has 2 rings (SSSR count). The summed E-state index contributed by atoms with van der Waals surface area (Å²) in [5, 5.41) is 9.33. The van der Waals surface area contributed by atoms with Crippen LogP contribution in [-0.2, 0) is 11.2 Å². The third-order valence-electron chi connectivity index (χ3n) is 3.90. The van der Waals surface area contributed by atoms with Crippen molar-refractivity contribution in [3.8, 4) is 0 Å². The zero-order chi connectivity index (χ0) is 13.0. The Hall–Kier alpha value is -1.58. The molecule has 1 aliphatic rings. The molecule has 3 N–H and O–H groups in total. The van der Waals surface area contributed by atoms with E-state index < -0.39 is 5.97 Å². The summed E-state index contributed by atoms with van der Waals surface area (Å²) in [6.07, 6.45) is 9.22. The fourth-order valence-corrected chi connectivity index (χ4v) is 2.84. The van der Waals surface area contributed by atoms with Gasteiger partial charge in [0.1, 0.15) is 0 Å². The molecular weight excluding hydrogens is 228 g/mol.